The summed E-state index contributed by atoms with van der Waals surface area (Å²) in [6, 6.07) is 0.201. The quantitative estimate of drug-likeness (QED) is 0.768. The zero-order chi connectivity index (χ0) is 14.5. The van der Waals surface area contributed by atoms with Crippen molar-refractivity contribution in [2.45, 2.75) is 32.2 Å². The van der Waals surface area contributed by atoms with E-state index in [1.54, 1.807) is 0 Å². The molecule has 5 heteroatoms. The molecule has 3 N–H and O–H groups in total. The first-order chi connectivity index (χ1) is 9.54. The molecule has 1 saturated heterocycles. The van der Waals surface area contributed by atoms with Crippen LogP contribution in [0.5, 0.6) is 0 Å². The molecule has 0 aromatic carbocycles. The molecule has 20 heavy (non-hydrogen) atoms. The summed E-state index contributed by atoms with van der Waals surface area (Å²) in [5, 5.41) is 3.10. The van der Waals surface area contributed by atoms with Crippen molar-refractivity contribution in [2.24, 2.45) is 17.6 Å². The summed E-state index contributed by atoms with van der Waals surface area (Å²) in [4.78, 5) is 17.0. The maximum atomic E-state index is 12.2. The highest BCUT2D eigenvalue weighted by atomic mass is 16.1. The zero-order valence-electron chi connectivity index (χ0n) is 13.0. The molecule has 0 radical (unpaired) electrons. The number of hydrogen-bond acceptors (Lipinski definition) is 4. The van der Waals surface area contributed by atoms with Crippen LogP contribution in [-0.2, 0) is 4.79 Å². The predicted molar refractivity (Wildman–Crippen MR) is 81.4 cm³/mol. The van der Waals surface area contributed by atoms with Gasteiger partial charge in [-0.2, -0.15) is 0 Å². The van der Waals surface area contributed by atoms with E-state index in [-0.39, 0.29) is 17.9 Å². The van der Waals surface area contributed by atoms with Gasteiger partial charge in [0.2, 0.25) is 5.91 Å². The number of nitrogens with two attached hydrogens (primary N) is 1. The van der Waals surface area contributed by atoms with E-state index in [1.807, 2.05) is 0 Å². The van der Waals surface area contributed by atoms with Gasteiger partial charge in [0.05, 0.1) is 0 Å². The van der Waals surface area contributed by atoms with E-state index < -0.39 is 0 Å². The number of carbonyl (C=O) groups is 1. The Kier molecular flexibility index (Phi) is 5.81. The Labute approximate surface area is 122 Å². The van der Waals surface area contributed by atoms with Crippen LogP contribution in [-0.4, -0.2) is 68.1 Å². The first-order valence-corrected chi connectivity index (χ1v) is 7.98. The lowest BCUT2D eigenvalue weighted by Gasteiger charge is -2.33. The molecule has 1 amide bonds. The maximum Gasteiger partial charge on any atom is 0.223 e. The van der Waals surface area contributed by atoms with E-state index in [2.05, 4.69) is 29.1 Å². The predicted octanol–water partition coefficient (Wildman–Crippen LogP) is 0.114. The lowest BCUT2D eigenvalue weighted by atomic mass is 9.79. The average Bonchev–Trinajstić information content (AvgIpc) is 2.40. The fourth-order valence-electron chi connectivity index (χ4n) is 3.42. The van der Waals surface area contributed by atoms with Crippen LogP contribution in [0.3, 0.4) is 0 Å². The minimum atomic E-state index is 0.126. The fraction of sp³-hybridized carbons (Fsp3) is 0.933. The van der Waals surface area contributed by atoms with Crippen molar-refractivity contribution in [2.75, 3.05) is 46.3 Å². The average molecular weight is 282 g/mol. The van der Waals surface area contributed by atoms with Crippen LogP contribution in [0.4, 0.5) is 0 Å². The molecule has 0 spiro atoms. The first-order valence-electron chi connectivity index (χ1n) is 7.98. The summed E-state index contributed by atoms with van der Waals surface area (Å²) in [6.07, 6.45) is 2.91. The molecule has 2 aliphatic rings. The Morgan fingerprint density at radius 2 is 1.90 bits per heavy atom. The number of carbonyl (C=O) groups excluding carboxylic acids is 1. The van der Waals surface area contributed by atoms with E-state index in [1.165, 1.54) is 0 Å². The molecule has 0 aromatic rings. The number of nitrogens with one attached hydrogen (secondary N) is 1. The normalized spacial score (nSPS) is 33.0. The summed E-state index contributed by atoms with van der Waals surface area (Å²) in [6.45, 7) is 8.40. The molecule has 2 rings (SSSR count). The minimum Gasteiger partial charge on any atom is -0.355 e. The van der Waals surface area contributed by atoms with Crippen molar-refractivity contribution in [1.82, 2.24) is 15.1 Å². The summed E-state index contributed by atoms with van der Waals surface area (Å²) >= 11 is 0. The summed E-state index contributed by atoms with van der Waals surface area (Å²) < 4.78 is 0. The first kappa shape index (κ1) is 15.7. The second-order valence-electron chi connectivity index (χ2n) is 6.71. The van der Waals surface area contributed by atoms with Gasteiger partial charge in [-0.1, -0.05) is 6.92 Å². The number of piperazine rings is 1. The van der Waals surface area contributed by atoms with Gasteiger partial charge in [0.25, 0.3) is 0 Å². The van der Waals surface area contributed by atoms with Gasteiger partial charge >= 0.3 is 0 Å². The maximum absolute atomic E-state index is 12.2. The number of amides is 1. The summed E-state index contributed by atoms with van der Waals surface area (Å²) in [7, 11) is 2.16. The van der Waals surface area contributed by atoms with Crippen molar-refractivity contribution in [3.63, 3.8) is 0 Å². The Hall–Kier alpha value is -0.650. The molecule has 1 aliphatic carbocycles. The highest BCUT2D eigenvalue weighted by Gasteiger charge is 2.29. The molecule has 1 saturated carbocycles. The Balaban J connectivity index is 1.64. The van der Waals surface area contributed by atoms with Gasteiger partial charge in [0.1, 0.15) is 0 Å². The molecule has 0 aromatic heterocycles. The van der Waals surface area contributed by atoms with Crippen LogP contribution in [0.25, 0.3) is 0 Å². The number of hydrogen-bond donors (Lipinski definition) is 2. The lowest BCUT2D eigenvalue weighted by Crippen LogP contribution is -2.47. The van der Waals surface area contributed by atoms with E-state index >= 15 is 0 Å². The van der Waals surface area contributed by atoms with Crippen LogP contribution in [0.2, 0.25) is 0 Å². The molecule has 0 bridgehead atoms. The fourth-order valence-corrected chi connectivity index (χ4v) is 3.42. The van der Waals surface area contributed by atoms with Gasteiger partial charge < -0.3 is 16.0 Å². The van der Waals surface area contributed by atoms with Gasteiger partial charge in [0.15, 0.2) is 0 Å². The minimum absolute atomic E-state index is 0.126. The molecular formula is C15H30N4O. The van der Waals surface area contributed by atoms with Crippen LogP contribution in [0.15, 0.2) is 0 Å². The Morgan fingerprint density at radius 3 is 2.55 bits per heavy atom. The van der Waals surface area contributed by atoms with Gasteiger partial charge in [-0.3, -0.25) is 9.69 Å². The van der Waals surface area contributed by atoms with E-state index in [4.69, 9.17) is 5.73 Å². The van der Waals surface area contributed by atoms with Crippen LogP contribution >= 0.6 is 0 Å². The largest absolute Gasteiger partial charge is 0.355 e. The Bertz CT molecular complexity index is 305. The summed E-state index contributed by atoms with van der Waals surface area (Å²) in [5.74, 6) is 0.912. The molecule has 3 atom stereocenters. The lowest BCUT2D eigenvalue weighted by molar-refractivity contribution is -0.126. The van der Waals surface area contributed by atoms with Crippen molar-refractivity contribution >= 4 is 5.91 Å². The van der Waals surface area contributed by atoms with Gasteiger partial charge in [0, 0.05) is 51.2 Å². The van der Waals surface area contributed by atoms with Crippen molar-refractivity contribution in [3.05, 3.63) is 0 Å². The van der Waals surface area contributed by atoms with Crippen molar-refractivity contribution in [3.8, 4) is 0 Å². The van der Waals surface area contributed by atoms with Gasteiger partial charge in [-0.25, -0.2) is 0 Å². The second-order valence-corrected chi connectivity index (χ2v) is 6.71. The zero-order valence-corrected chi connectivity index (χ0v) is 13.0. The van der Waals surface area contributed by atoms with Gasteiger partial charge in [-0.05, 0) is 32.2 Å². The second kappa shape index (κ2) is 7.38. The standard InChI is InChI=1S/C15H30N4O/c1-12-9-13(11-14(16)10-12)15(20)17-3-4-19-7-5-18(2)6-8-19/h12-14H,3-11,16H2,1-2H3,(H,17,20). The van der Waals surface area contributed by atoms with E-state index in [0.29, 0.717) is 5.92 Å². The molecule has 3 unspecified atom stereocenters. The number of rotatable bonds is 4. The van der Waals surface area contributed by atoms with E-state index in [9.17, 15) is 4.79 Å². The molecular weight excluding hydrogens is 252 g/mol. The van der Waals surface area contributed by atoms with Crippen LogP contribution in [0.1, 0.15) is 26.2 Å². The molecule has 2 fully saturated rings. The highest BCUT2D eigenvalue weighted by molar-refractivity contribution is 5.78. The topological polar surface area (TPSA) is 61.6 Å². The van der Waals surface area contributed by atoms with Crippen LogP contribution < -0.4 is 11.1 Å². The SMILES string of the molecule is CC1CC(N)CC(C(=O)NCCN2CCN(C)CC2)C1. The van der Waals surface area contributed by atoms with Gasteiger partial charge in [-0.15, -0.1) is 0 Å². The molecule has 1 heterocycles. The van der Waals surface area contributed by atoms with Crippen LogP contribution in [0, 0.1) is 11.8 Å². The van der Waals surface area contributed by atoms with E-state index in [0.717, 1.165) is 58.5 Å². The third-order valence-electron chi connectivity index (χ3n) is 4.67. The molecule has 116 valence electrons. The highest BCUT2D eigenvalue weighted by Crippen LogP contribution is 2.27. The smallest absolute Gasteiger partial charge is 0.223 e. The van der Waals surface area contributed by atoms with Crippen molar-refractivity contribution < 1.29 is 4.79 Å². The monoisotopic (exact) mass is 282 g/mol. The third kappa shape index (κ3) is 4.72. The van der Waals surface area contributed by atoms with Crippen molar-refractivity contribution in [1.29, 1.82) is 0 Å². The number of nitrogens with zero attached hydrogens (tertiary/aromatic N) is 2. The molecule has 5 nitrogen and oxygen atoms in total. The molecule has 1 aliphatic heterocycles. The Morgan fingerprint density at radius 1 is 1.20 bits per heavy atom. The third-order valence-corrected chi connectivity index (χ3v) is 4.67. The summed E-state index contributed by atoms with van der Waals surface area (Å²) in [5.41, 5.74) is 6.02. The number of likely N-dealkylation sites (N-methyl/N-ethyl adjacent to an activating group) is 1.